The fraction of sp³-hybridized carbons (Fsp3) is 0.929. The van der Waals surface area contributed by atoms with E-state index < -0.39 is 11.5 Å². The van der Waals surface area contributed by atoms with Gasteiger partial charge in [0.15, 0.2) is 0 Å². The molecule has 0 aliphatic carbocycles. The van der Waals surface area contributed by atoms with Crippen molar-refractivity contribution in [2.75, 3.05) is 13.1 Å². The van der Waals surface area contributed by atoms with Crippen molar-refractivity contribution in [3.63, 3.8) is 0 Å². The summed E-state index contributed by atoms with van der Waals surface area (Å²) in [4.78, 5) is 11.6. The van der Waals surface area contributed by atoms with Gasteiger partial charge in [0.25, 0.3) is 0 Å². The maximum atomic E-state index is 11.6. The maximum absolute atomic E-state index is 11.6. The number of carboxylic acid groups (broad SMARTS) is 1. The fourth-order valence-corrected chi connectivity index (χ4v) is 2.86. The molecule has 0 radical (unpaired) electrons. The molecule has 0 bridgehead atoms. The molecule has 1 aliphatic heterocycles. The summed E-state index contributed by atoms with van der Waals surface area (Å²) in [5, 5.41) is 12.8. The Morgan fingerprint density at radius 1 is 1.33 bits per heavy atom. The Labute approximate surface area is 110 Å². The van der Waals surface area contributed by atoms with Crippen LogP contribution in [0.15, 0.2) is 0 Å². The van der Waals surface area contributed by atoms with E-state index in [1.807, 2.05) is 0 Å². The van der Waals surface area contributed by atoms with E-state index in [4.69, 9.17) is 5.73 Å². The Bertz CT molecular complexity index is 250. The highest BCUT2D eigenvalue weighted by molar-refractivity contribution is 5.78. The molecule has 106 valence electrons. The van der Waals surface area contributed by atoms with Crippen molar-refractivity contribution in [3.05, 3.63) is 0 Å². The first kappa shape index (κ1) is 15.4. The fourth-order valence-electron chi connectivity index (χ4n) is 2.86. The summed E-state index contributed by atoms with van der Waals surface area (Å²) in [6.07, 6.45) is 7.83. The second kappa shape index (κ2) is 7.74. The normalized spacial score (nSPS) is 24.2. The van der Waals surface area contributed by atoms with E-state index in [2.05, 4.69) is 12.2 Å². The van der Waals surface area contributed by atoms with Crippen LogP contribution >= 0.6 is 0 Å². The van der Waals surface area contributed by atoms with Crippen LogP contribution in [0.5, 0.6) is 0 Å². The molecular formula is C14H28N2O2. The second-order valence-electron chi connectivity index (χ2n) is 5.53. The number of hydrogen-bond donors (Lipinski definition) is 3. The number of aliphatic carboxylic acids is 1. The zero-order chi connectivity index (χ0) is 13.4. The van der Waals surface area contributed by atoms with Gasteiger partial charge in [0.05, 0.1) is 0 Å². The lowest BCUT2D eigenvalue weighted by Gasteiger charge is -2.33. The van der Waals surface area contributed by atoms with Gasteiger partial charge < -0.3 is 16.2 Å². The molecule has 0 amide bonds. The summed E-state index contributed by atoms with van der Waals surface area (Å²) >= 11 is 0. The quantitative estimate of drug-likeness (QED) is 0.610. The lowest BCUT2D eigenvalue weighted by atomic mass is 9.76. The standard InChI is InChI=1S/C14H28N2O2/c1-2-3-4-5-9-14(15,13(17)18)12-7-6-10-16-11-8-12/h12,16H,2-11,15H2,1H3,(H,17,18). The minimum absolute atomic E-state index is 0.117. The Balaban J connectivity index is 2.56. The van der Waals surface area contributed by atoms with E-state index in [1.54, 1.807) is 0 Å². The number of rotatable bonds is 7. The Morgan fingerprint density at radius 2 is 2.11 bits per heavy atom. The highest BCUT2D eigenvalue weighted by atomic mass is 16.4. The van der Waals surface area contributed by atoms with Crippen LogP contribution in [0.1, 0.15) is 58.3 Å². The van der Waals surface area contributed by atoms with Gasteiger partial charge in [-0.05, 0) is 44.7 Å². The first-order chi connectivity index (χ1) is 8.61. The summed E-state index contributed by atoms with van der Waals surface area (Å²) in [5.41, 5.74) is 5.23. The topological polar surface area (TPSA) is 75.4 Å². The van der Waals surface area contributed by atoms with Crippen LogP contribution in [0.4, 0.5) is 0 Å². The van der Waals surface area contributed by atoms with Crippen LogP contribution in [0, 0.1) is 5.92 Å². The smallest absolute Gasteiger partial charge is 0.323 e. The third-order valence-corrected chi connectivity index (χ3v) is 4.15. The number of carbonyl (C=O) groups is 1. The summed E-state index contributed by atoms with van der Waals surface area (Å²) in [6.45, 7) is 4.04. The van der Waals surface area contributed by atoms with E-state index in [1.165, 1.54) is 6.42 Å². The molecule has 4 heteroatoms. The summed E-state index contributed by atoms with van der Waals surface area (Å²) in [5.74, 6) is -0.697. The number of nitrogens with one attached hydrogen (secondary N) is 1. The van der Waals surface area contributed by atoms with Crippen LogP contribution in [0.2, 0.25) is 0 Å². The molecular weight excluding hydrogens is 228 g/mol. The van der Waals surface area contributed by atoms with Gasteiger partial charge in [0, 0.05) is 0 Å². The molecule has 0 aromatic heterocycles. The van der Waals surface area contributed by atoms with E-state index in [0.717, 1.165) is 51.6 Å². The van der Waals surface area contributed by atoms with Crippen LogP contribution in [0.3, 0.4) is 0 Å². The Morgan fingerprint density at radius 3 is 2.78 bits per heavy atom. The largest absolute Gasteiger partial charge is 0.480 e. The van der Waals surface area contributed by atoms with E-state index in [0.29, 0.717) is 6.42 Å². The highest BCUT2D eigenvalue weighted by Gasteiger charge is 2.41. The molecule has 1 aliphatic rings. The molecule has 18 heavy (non-hydrogen) atoms. The molecule has 1 heterocycles. The molecule has 0 spiro atoms. The Kier molecular flexibility index (Phi) is 6.65. The molecule has 0 aromatic rings. The van der Waals surface area contributed by atoms with Crippen LogP contribution < -0.4 is 11.1 Å². The second-order valence-corrected chi connectivity index (χ2v) is 5.53. The number of nitrogens with two attached hydrogens (primary N) is 1. The maximum Gasteiger partial charge on any atom is 0.323 e. The lowest BCUT2D eigenvalue weighted by Crippen LogP contribution is -2.54. The SMILES string of the molecule is CCCCCCC(N)(C(=O)O)C1CCCNCC1. The van der Waals surface area contributed by atoms with Crippen molar-refractivity contribution in [1.82, 2.24) is 5.32 Å². The first-order valence-corrected chi connectivity index (χ1v) is 7.34. The molecule has 1 saturated heterocycles. The molecule has 2 atom stereocenters. The zero-order valence-electron chi connectivity index (χ0n) is 11.6. The zero-order valence-corrected chi connectivity index (χ0v) is 11.6. The van der Waals surface area contributed by atoms with Crippen molar-refractivity contribution in [2.24, 2.45) is 11.7 Å². The van der Waals surface area contributed by atoms with Gasteiger partial charge in [-0.2, -0.15) is 0 Å². The van der Waals surface area contributed by atoms with Crippen LogP contribution in [-0.4, -0.2) is 29.7 Å². The highest BCUT2D eigenvalue weighted by Crippen LogP contribution is 2.30. The minimum Gasteiger partial charge on any atom is -0.480 e. The van der Waals surface area contributed by atoms with Gasteiger partial charge in [-0.25, -0.2) is 0 Å². The third kappa shape index (κ3) is 4.25. The van der Waals surface area contributed by atoms with Gasteiger partial charge >= 0.3 is 5.97 Å². The van der Waals surface area contributed by atoms with Gasteiger partial charge in [-0.15, -0.1) is 0 Å². The number of hydrogen-bond acceptors (Lipinski definition) is 3. The van der Waals surface area contributed by atoms with Crippen molar-refractivity contribution in [3.8, 4) is 0 Å². The third-order valence-electron chi connectivity index (χ3n) is 4.15. The van der Waals surface area contributed by atoms with E-state index in [9.17, 15) is 9.90 Å². The monoisotopic (exact) mass is 256 g/mol. The summed E-state index contributed by atoms with van der Waals surface area (Å²) in [7, 11) is 0. The Hall–Kier alpha value is -0.610. The lowest BCUT2D eigenvalue weighted by molar-refractivity contribution is -0.146. The van der Waals surface area contributed by atoms with Crippen LogP contribution in [0.25, 0.3) is 0 Å². The minimum atomic E-state index is -1.01. The first-order valence-electron chi connectivity index (χ1n) is 7.34. The van der Waals surface area contributed by atoms with E-state index in [-0.39, 0.29) is 5.92 Å². The van der Waals surface area contributed by atoms with Gasteiger partial charge in [-0.1, -0.05) is 32.6 Å². The molecule has 1 fully saturated rings. The molecule has 2 unspecified atom stereocenters. The average molecular weight is 256 g/mol. The van der Waals surface area contributed by atoms with Crippen molar-refractivity contribution >= 4 is 5.97 Å². The predicted octanol–water partition coefficient (Wildman–Crippen LogP) is 2.13. The summed E-state index contributed by atoms with van der Waals surface area (Å²) < 4.78 is 0. The molecule has 4 nitrogen and oxygen atoms in total. The van der Waals surface area contributed by atoms with Crippen LogP contribution in [-0.2, 0) is 4.79 Å². The van der Waals surface area contributed by atoms with E-state index >= 15 is 0 Å². The van der Waals surface area contributed by atoms with Crippen molar-refractivity contribution < 1.29 is 9.90 Å². The number of unbranched alkanes of at least 4 members (excludes halogenated alkanes) is 3. The predicted molar refractivity (Wildman–Crippen MR) is 73.5 cm³/mol. The van der Waals surface area contributed by atoms with Crippen molar-refractivity contribution in [1.29, 1.82) is 0 Å². The van der Waals surface area contributed by atoms with Gasteiger partial charge in [0.2, 0.25) is 0 Å². The average Bonchev–Trinajstić information content (AvgIpc) is 2.63. The molecule has 4 N–H and O–H groups in total. The number of carboxylic acids is 1. The van der Waals surface area contributed by atoms with Gasteiger partial charge in [0.1, 0.15) is 5.54 Å². The summed E-state index contributed by atoms with van der Waals surface area (Å²) in [6, 6.07) is 0. The molecule has 0 aromatic carbocycles. The van der Waals surface area contributed by atoms with Crippen molar-refractivity contribution in [2.45, 2.75) is 63.8 Å². The molecule has 1 rings (SSSR count). The molecule has 0 saturated carbocycles. The van der Waals surface area contributed by atoms with Gasteiger partial charge in [-0.3, -0.25) is 4.79 Å².